The lowest BCUT2D eigenvalue weighted by Gasteiger charge is -2.01. The van der Waals surface area contributed by atoms with E-state index in [9.17, 15) is 0 Å². The Kier molecular flexibility index (Phi) is 6.15. The molecule has 0 aliphatic rings. The molecule has 0 atom stereocenters. The van der Waals surface area contributed by atoms with Crippen molar-refractivity contribution >= 4 is 31.9 Å². The van der Waals surface area contributed by atoms with E-state index in [1.54, 1.807) is 0 Å². The Morgan fingerprint density at radius 2 is 1.93 bits per heavy atom. The first-order chi connectivity index (χ1) is 6.79. The van der Waals surface area contributed by atoms with Crippen LogP contribution in [0.2, 0.25) is 0 Å². The fourth-order valence-electron chi connectivity index (χ4n) is 1.02. The number of halogens is 2. The summed E-state index contributed by atoms with van der Waals surface area (Å²) in [6.07, 6.45) is 2.95. The first-order valence-corrected chi connectivity index (χ1v) is 6.00. The SMILES string of the molecule is BrC(Br)=CCCOCc1ccccc1. The highest BCUT2D eigenvalue weighted by Gasteiger charge is 1.90. The van der Waals surface area contributed by atoms with E-state index >= 15 is 0 Å². The molecule has 0 aliphatic carbocycles. The summed E-state index contributed by atoms with van der Waals surface area (Å²) in [4.78, 5) is 0. The Morgan fingerprint density at radius 1 is 1.21 bits per heavy atom. The van der Waals surface area contributed by atoms with Crippen molar-refractivity contribution in [3.63, 3.8) is 0 Å². The zero-order valence-corrected chi connectivity index (χ0v) is 10.9. The zero-order valence-electron chi connectivity index (χ0n) is 7.75. The van der Waals surface area contributed by atoms with Crippen molar-refractivity contribution in [1.29, 1.82) is 0 Å². The molecular formula is C11H12Br2O. The molecule has 1 aromatic carbocycles. The fraction of sp³-hybridized carbons (Fsp3) is 0.273. The van der Waals surface area contributed by atoms with Gasteiger partial charge in [-0.25, -0.2) is 0 Å². The summed E-state index contributed by atoms with van der Waals surface area (Å²) in [6, 6.07) is 10.2. The average molecular weight is 320 g/mol. The van der Waals surface area contributed by atoms with Gasteiger partial charge in [-0.15, -0.1) is 0 Å². The van der Waals surface area contributed by atoms with Crippen LogP contribution in [0.3, 0.4) is 0 Å². The highest BCUT2D eigenvalue weighted by Crippen LogP contribution is 2.13. The van der Waals surface area contributed by atoms with Gasteiger partial charge in [-0.05, 0) is 43.8 Å². The molecule has 0 aliphatic heterocycles. The predicted molar refractivity (Wildman–Crippen MR) is 66.7 cm³/mol. The van der Waals surface area contributed by atoms with Crippen molar-refractivity contribution in [3.8, 4) is 0 Å². The van der Waals surface area contributed by atoms with E-state index < -0.39 is 0 Å². The van der Waals surface area contributed by atoms with Gasteiger partial charge in [-0.2, -0.15) is 0 Å². The zero-order chi connectivity index (χ0) is 10.2. The normalized spacial score (nSPS) is 9.86. The standard InChI is InChI=1S/C11H12Br2O/c12-11(13)7-4-8-14-9-10-5-2-1-3-6-10/h1-3,5-7H,4,8-9H2. The van der Waals surface area contributed by atoms with Gasteiger partial charge in [0.25, 0.3) is 0 Å². The van der Waals surface area contributed by atoms with Gasteiger partial charge in [0, 0.05) is 0 Å². The molecule has 0 saturated carbocycles. The molecule has 0 radical (unpaired) electrons. The molecule has 3 heteroatoms. The van der Waals surface area contributed by atoms with Crippen LogP contribution in [0.4, 0.5) is 0 Å². The lowest BCUT2D eigenvalue weighted by atomic mass is 10.2. The van der Waals surface area contributed by atoms with Gasteiger partial charge < -0.3 is 4.74 Å². The highest BCUT2D eigenvalue weighted by molar-refractivity contribution is 9.28. The molecule has 0 fully saturated rings. The number of hydrogen-bond acceptors (Lipinski definition) is 1. The van der Waals surface area contributed by atoms with Crippen molar-refractivity contribution in [2.75, 3.05) is 6.61 Å². The van der Waals surface area contributed by atoms with Crippen molar-refractivity contribution in [1.82, 2.24) is 0 Å². The molecule has 0 N–H and O–H groups in total. The molecule has 1 rings (SSSR count). The lowest BCUT2D eigenvalue weighted by Crippen LogP contribution is -1.93. The van der Waals surface area contributed by atoms with Gasteiger partial charge in [-0.1, -0.05) is 36.4 Å². The van der Waals surface area contributed by atoms with Crippen LogP contribution in [0.5, 0.6) is 0 Å². The van der Waals surface area contributed by atoms with Crippen LogP contribution in [-0.2, 0) is 11.3 Å². The third-order valence-corrected chi connectivity index (χ3v) is 2.32. The number of rotatable bonds is 5. The smallest absolute Gasteiger partial charge is 0.0717 e. The fourth-order valence-corrected chi connectivity index (χ4v) is 1.47. The number of hydrogen-bond donors (Lipinski definition) is 0. The van der Waals surface area contributed by atoms with E-state index in [-0.39, 0.29) is 0 Å². The third-order valence-electron chi connectivity index (χ3n) is 1.67. The van der Waals surface area contributed by atoms with Crippen molar-refractivity contribution < 1.29 is 4.74 Å². The van der Waals surface area contributed by atoms with E-state index in [1.165, 1.54) is 5.56 Å². The van der Waals surface area contributed by atoms with E-state index in [0.29, 0.717) is 6.61 Å². The van der Waals surface area contributed by atoms with Gasteiger partial charge in [0.2, 0.25) is 0 Å². The summed E-state index contributed by atoms with van der Waals surface area (Å²) in [5.74, 6) is 0. The van der Waals surface area contributed by atoms with Crippen molar-refractivity contribution in [2.24, 2.45) is 0 Å². The quantitative estimate of drug-likeness (QED) is 0.738. The molecule has 0 unspecified atom stereocenters. The van der Waals surface area contributed by atoms with E-state index in [2.05, 4.69) is 44.0 Å². The van der Waals surface area contributed by atoms with Gasteiger partial charge in [0.1, 0.15) is 0 Å². The largest absolute Gasteiger partial charge is 0.376 e. The summed E-state index contributed by atoms with van der Waals surface area (Å²) in [5.41, 5.74) is 1.22. The van der Waals surface area contributed by atoms with Crippen LogP contribution in [0.1, 0.15) is 12.0 Å². The van der Waals surface area contributed by atoms with E-state index in [1.807, 2.05) is 24.3 Å². The molecule has 1 nitrogen and oxygen atoms in total. The Balaban J connectivity index is 2.14. The van der Waals surface area contributed by atoms with E-state index in [4.69, 9.17) is 4.74 Å². The second kappa shape index (κ2) is 7.21. The minimum atomic E-state index is 0.689. The Hall–Kier alpha value is -0.120. The van der Waals surface area contributed by atoms with E-state index in [0.717, 1.165) is 16.4 Å². The maximum atomic E-state index is 5.48. The van der Waals surface area contributed by atoms with Gasteiger partial charge >= 0.3 is 0 Å². The van der Waals surface area contributed by atoms with Crippen molar-refractivity contribution in [2.45, 2.75) is 13.0 Å². The van der Waals surface area contributed by atoms with Gasteiger partial charge in [-0.3, -0.25) is 0 Å². The molecule has 0 bridgehead atoms. The molecule has 0 aromatic heterocycles. The first kappa shape index (κ1) is 12.0. The van der Waals surface area contributed by atoms with Crippen LogP contribution >= 0.6 is 31.9 Å². The summed E-state index contributed by atoms with van der Waals surface area (Å²) in [7, 11) is 0. The second-order valence-electron chi connectivity index (χ2n) is 2.82. The summed E-state index contributed by atoms with van der Waals surface area (Å²) in [5, 5.41) is 0. The van der Waals surface area contributed by atoms with Crippen LogP contribution in [0.15, 0.2) is 39.8 Å². The lowest BCUT2D eigenvalue weighted by molar-refractivity contribution is 0.125. The second-order valence-corrected chi connectivity index (χ2v) is 5.59. The molecule has 0 heterocycles. The minimum Gasteiger partial charge on any atom is -0.376 e. The van der Waals surface area contributed by atoms with Gasteiger partial charge in [0.05, 0.1) is 16.6 Å². The number of ether oxygens (including phenoxy) is 1. The maximum Gasteiger partial charge on any atom is 0.0717 e. The van der Waals surface area contributed by atoms with Crippen LogP contribution in [0, 0.1) is 0 Å². The monoisotopic (exact) mass is 318 g/mol. The molecule has 76 valence electrons. The van der Waals surface area contributed by atoms with Crippen molar-refractivity contribution in [3.05, 3.63) is 45.4 Å². The molecule has 0 amide bonds. The van der Waals surface area contributed by atoms with Gasteiger partial charge in [0.15, 0.2) is 0 Å². The predicted octanol–water partition coefficient (Wildman–Crippen LogP) is 4.22. The summed E-state index contributed by atoms with van der Waals surface area (Å²) in [6.45, 7) is 1.43. The maximum absolute atomic E-state index is 5.48. The van der Waals surface area contributed by atoms with Crippen LogP contribution in [-0.4, -0.2) is 6.61 Å². The molecule has 0 spiro atoms. The molecular weight excluding hydrogens is 308 g/mol. The molecule has 1 aromatic rings. The average Bonchev–Trinajstić information content (AvgIpc) is 2.18. The Labute approximate surface area is 101 Å². The summed E-state index contributed by atoms with van der Waals surface area (Å²) >= 11 is 6.59. The Morgan fingerprint density at radius 3 is 2.57 bits per heavy atom. The first-order valence-electron chi connectivity index (χ1n) is 4.42. The molecule has 14 heavy (non-hydrogen) atoms. The van der Waals surface area contributed by atoms with Crippen LogP contribution in [0.25, 0.3) is 0 Å². The molecule has 0 saturated heterocycles. The Bertz CT molecular complexity index is 279. The third kappa shape index (κ3) is 5.58. The number of benzene rings is 1. The van der Waals surface area contributed by atoms with Crippen LogP contribution < -0.4 is 0 Å². The highest BCUT2D eigenvalue weighted by atomic mass is 79.9. The topological polar surface area (TPSA) is 9.23 Å². The minimum absolute atomic E-state index is 0.689. The summed E-state index contributed by atoms with van der Waals surface area (Å²) < 4.78 is 6.46.